The predicted octanol–water partition coefficient (Wildman–Crippen LogP) is 2.09. The minimum atomic E-state index is -0.195. The average molecular weight is 292 g/mol. The summed E-state index contributed by atoms with van der Waals surface area (Å²) < 4.78 is 4.98. The topological polar surface area (TPSA) is 66.5 Å². The number of methoxy groups -OCH3 is 1. The molecule has 1 aromatic rings. The van der Waals surface area contributed by atoms with Crippen molar-refractivity contribution >= 4 is 11.7 Å². The molecule has 0 saturated carbocycles. The van der Waals surface area contributed by atoms with E-state index in [1.54, 1.807) is 25.4 Å². The van der Waals surface area contributed by atoms with Gasteiger partial charge in [0, 0.05) is 18.7 Å². The van der Waals surface area contributed by atoms with Gasteiger partial charge in [0.2, 0.25) is 5.88 Å². The van der Waals surface area contributed by atoms with E-state index in [9.17, 15) is 4.79 Å². The van der Waals surface area contributed by atoms with E-state index in [4.69, 9.17) is 4.74 Å². The Bertz CT molecular complexity index is 443. The van der Waals surface area contributed by atoms with Gasteiger partial charge in [-0.1, -0.05) is 6.92 Å². The van der Waals surface area contributed by atoms with E-state index in [0.717, 1.165) is 19.5 Å². The second-order valence-electron chi connectivity index (χ2n) is 5.23. The van der Waals surface area contributed by atoms with Gasteiger partial charge in [0.15, 0.2) is 0 Å². The van der Waals surface area contributed by atoms with Crippen molar-refractivity contribution in [3.8, 4) is 5.88 Å². The highest BCUT2D eigenvalue weighted by molar-refractivity contribution is 5.89. The van der Waals surface area contributed by atoms with Gasteiger partial charge >= 0.3 is 6.03 Å². The molecular weight excluding hydrogens is 268 g/mol. The average Bonchev–Trinajstić information content (AvgIpc) is 3.03. The van der Waals surface area contributed by atoms with Gasteiger partial charge in [-0.3, -0.25) is 4.90 Å². The number of pyridine rings is 1. The fourth-order valence-corrected chi connectivity index (χ4v) is 2.60. The first-order valence-corrected chi connectivity index (χ1v) is 7.52. The van der Waals surface area contributed by atoms with E-state index < -0.39 is 0 Å². The minimum absolute atomic E-state index is 0.195. The fraction of sp³-hybridized carbons (Fsp3) is 0.600. The number of amides is 2. The molecule has 21 heavy (non-hydrogen) atoms. The lowest BCUT2D eigenvalue weighted by atomic mass is 10.2. The standard InChI is InChI=1S/C15H24N4O2/c1-3-13(19-8-4-5-9-19)11-17-15(20)18-12-6-7-14(21-2)16-10-12/h6-7,10,13H,3-5,8-9,11H2,1-2H3,(H2,17,18,20)/t13-/m0/s1. The van der Waals surface area contributed by atoms with Crippen molar-refractivity contribution in [2.75, 3.05) is 32.1 Å². The van der Waals surface area contributed by atoms with Crippen LogP contribution in [0.5, 0.6) is 5.88 Å². The van der Waals surface area contributed by atoms with E-state index in [-0.39, 0.29) is 6.03 Å². The lowest BCUT2D eigenvalue weighted by Crippen LogP contribution is -2.43. The molecule has 0 aromatic carbocycles. The van der Waals surface area contributed by atoms with Crippen LogP contribution in [0, 0.1) is 0 Å². The second kappa shape index (κ2) is 7.83. The monoisotopic (exact) mass is 292 g/mol. The number of hydrogen-bond acceptors (Lipinski definition) is 4. The summed E-state index contributed by atoms with van der Waals surface area (Å²) in [5, 5.41) is 5.71. The summed E-state index contributed by atoms with van der Waals surface area (Å²) in [6.45, 7) is 5.12. The molecular formula is C15H24N4O2. The third kappa shape index (κ3) is 4.60. The van der Waals surface area contributed by atoms with Crippen molar-refractivity contribution in [3.63, 3.8) is 0 Å². The maximum atomic E-state index is 11.9. The summed E-state index contributed by atoms with van der Waals surface area (Å²) in [6.07, 6.45) is 5.15. The number of likely N-dealkylation sites (tertiary alicyclic amines) is 1. The maximum absolute atomic E-state index is 11.9. The van der Waals surface area contributed by atoms with Crippen LogP contribution < -0.4 is 15.4 Å². The summed E-state index contributed by atoms with van der Waals surface area (Å²) >= 11 is 0. The van der Waals surface area contributed by atoms with Crippen molar-refractivity contribution in [2.24, 2.45) is 0 Å². The number of carbonyl (C=O) groups excluding carboxylic acids is 1. The summed E-state index contributed by atoms with van der Waals surface area (Å²) in [4.78, 5) is 18.4. The summed E-state index contributed by atoms with van der Waals surface area (Å²) in [5.74, 6) is 0.529. The molecule has 2 amide bonds. The van der Waals surface area contributed by atoms with Crippen LogP contribution in [-0.4, -0.2) is 48.7 Å². The highest BCUT2D eigenvalue weighted by Gasteiger charge is 2.20. The molecule has 1 saturated heterocycles. The molecule has 1 aliphatic rings. The number of aromatic nitrogens is 1. The molecule has 0 radical (unpaired) electrons. The van der Waals surface area contributed by atoms with Gasteiger partial charge in [-0.05, 0) is 38.4 Å². The molecule has 1 aliphatic heterocycles. The van der Waals surface area contributed by atoms with E-state index >= 15 is 0 Å². The molecule has 0 aliphatic carbocycles. The molecule has 6 heteroatoms. The van der Waals surface area contributed by atoms with Crippen molar-refractivity contribution in [3.05, 3.63) is 18.3 Å². The largest absolute Gasteiger partial charge is 0.481 e. The first-order valence-electron chi connectivity index (χ1n) is 7.52. The van der Waals surface area contributed by atoms with E-state index in [0.29, 0.717) is 24.2 Å². The number of nitrogens with zero attached hydrogens (tertiary/aromatic N) is 2. The number of ether oxygens (including phenoxy) is 1. The highest BCUT2D eigenvalue weighted by atomic mass is 16.5. The Kier molecular flexibility index (Phi) is 5.80. The third-order valence-corrected chi connectivity index (χ3v) is 3.83. The van der Waals surface area contributed by atoms with Crippen LogP contribution in [0.4, 0.5) is 10.5 Å². The van der Waals surface area contributed by atoms with Crippen LogP contribution in [-0.2, 0) is 0 Å². The Morgan fingerprint density at radius 2 is 2.19 bits per heavy atom. The van der Waals surface area contributed by atoms with Crippen LogP contribution in [0.1, 0.15) is 26.2 Å². The molecule has 2 heterocycles. The Morgan fingerprint density at radius 3 is 2.76 bits per heavy atom. The fourth-order valence-electron chi connectivity index (χ4n) is 2.60. The normalized spacial score (nSPS) is 16.5. The van der Waals surface area contributed by atoms with Gasteiger partial charge in [-0.25, -0.2) is 9.78 Å². The van der Waals surface area contributed by atoms with Gasteiger partial charge in [0.25, 0.3) is 0 Å². The first-order chi connectivity index (χ1) is 10.2. The van der Waals surface area contributed by atoms with Crippen LogP contribution in [0.3, 0.4) is 0 Å². The number of hydrogen-bond donors (Lipinski definition) is 2. The number of urea groups is 1. The highest BCUT2D eigenvalue weighted by Crippen LogP contribution is 2.14. The van der Waals surface area contributed by atoms with Crippen LogP contribution in [0.2, 0.25) is 0 Å². The Balaban J connectivity index is 1.77. The first kappa shape index (κ1) is 15.6. The molecule has 1 atom stereocenters. The Morgan fingerprint density at radius 1 is 1.43 bits per heavy atom. The van der Waals surface area contributed by atoms with E-state index in [1.807, 2.05) is 0 Å². The molecule has 2 N–H and O–H groups in total. The summed E-state index contributed by atoms with van der Waals surface area (Å²) in [6, 6.07) is 3.71. The second-order valence-corrected chi connectivity index (χ2v) is 5.23. The van der Waals surface area contributed by atoms with Crippen LogP contribution in [0.15, 0.2) is 18.3 Å². The zero-order valence-corrected chi connectivity index (χ0v) is 12.8. The van der Waals surface area contributed by atoms with Gasteiger partial charge in [-0.15, -0.1) is 0 Å². The Hall–Kier alpha value is -1.82. The molecule has 1 fully saturated rings. The number of carbonyl (C=O) groups is 1. The quantitative estimate of drug-likeness (QED) is 0.842. The molecule has 1 aromatic heterocycles. The molecule has 0 bridgehead atoms. The van der Waals surface area contributed by atoms with Crippen molar-refractivity contribution in [1.82, 2.24) is 15.2 Å². The molecule has 0 spiro atoms. The van der Waals surface area contributed by atoms with Gasteiger partial charge in [0.05, 0.1) is 19.0 Å². The lowest BCUT2D eigenvalue weighted by Gasteiger charge is -2.26. The van der Waals surface area contributed by atoms with Gasteiger partial charge < -0.3 is 15.4 Å². The minimum Gasteiger partial charge on any atom is -0.481 e. The van der Waals surface area contributed by atoms with Gasteiger partial charge in [-0.2, -0.15) is 0 Å². The lowest BCUT2D eigenvalue weighted by molar-refractivity contribution is 0.222. The summed E-state index contributed by atoms with van der Waals surface area (Å²) in [5.41, 5.74) is 0.655. The SMILES string of the molecule is CC[C@@H](CNC(=O)Nc1ccc(OC)nc1)N1CCCC1. The Labute approximate surface area is 125 Å². The number of rotatable bonds is 6. The maximum Gasteiger partial charge on any atom is 0.319 e. The zero-order chi connectivity index (χ0) is 15.1. The van der Waals surface area contributed by atoms with Crippen molar-refractivity contribution in [2.45, 2.75) is 32.2 Å². The predicted molar refractivity (Wildman–Crippen MR) is 82.7 cm³/mol. The van der Waals surface area contributed by atoms with Crippen LogP contribution >= 0.6 is 0 Å². The third-order valence-electron chi connectivity index (χ3n) is 3.83. The smallest absolute Gasteiger partial charge is 0.319 e. The molecule has 6 nitrogen and oxygen atoms in total. The molecule has 116 valence electrons. The van der Waals surface area contributed by atoms with Crippen LogP contribution in [0.25, 0.3) is 0 Å². The van der Waals surface area contributed by atoms with E-state index in [2.05, 4.69) is 27.4 Å². The number of anilines is 1. The molecule has 0 unspecified atom stereocenters. The zero-order valence-electron chi connectivity index (χ0n) is 12.8. The van der Waals surface area contributed by atoms with Gasteiger partial charge in [0.1, 0.15) is 0 Å². The number of nitrogens with one attached hydrogen (secondary N) is 2. The van der Waals surface area contributed by atoms with Crippen molar-refractivity contribution in [1.29, 1.82) is 0 Å². The summed E-state index contributed by atoms with van der Waals surface area (Å²) in [7, 11) is 1.56. The van der Waals surface area contributed by atoms with Crippen molar-refractivity contribution < 1.29 is 9.53 Å². The van der Waals surface area contributed by atoms with E-state index in [1.165, 1.54) is 12.8 Å². The molecule has 2 rings (SSSR count).